The van der Waals surface area contributed by atoms with Gasteiger partial charge in [-0.25, -0.2) is 0 Å². The number of piperidine rings is 1. The largest absolute Gasteiger partial charge is 0.456 e. The second kappa shape index (κ2) is 6.46. The van der Waals surface area contributed by atoms with Crippen LogP contribution in [-0.2, 0) is 9.53 Å². The average Bonchev–Trinajstić information content (AvgIpc) is 2.97. The molecule has 1 aliphatic heterocycles. The van der Waals surface area contributed by atoms with Crippen LogP contribution in [0.1, 0.15) is 22.5 Å². The number of thiophene rings is 1. The van der Waals surface area contributed by atoms with Crippen LogP contribution in [0.4, 0.5) is 13.2 Å². The van der Waals surface area contributed by atoms with Gasteiger partial charge in [0.25, 0.3) is 5.91 Å². The van der Waals surface area contributed by atoms with E-state index in [1.54, 1.807) is 22.4 Å². The molecule has 1 aromatic heterocycles. The number of esters is 1. The normalized spacial score (nSPS) is 16.8. The van der Waals surface area contributed by atoms with E-state index in [1.807, 2.05) is 0 Å². The quantitative estimate of drug-likeness (QED) is 0.804. The molecular formula is C13H14F3NO3S. The van der Waals surface area contributed by atoms with E-state index in [0.717, 1.165) is 0 Å². The van der Waals surface area contributed by atoms with Gasteiger partial charge in [0.15, 0.2) is 6.61 Å². The first-order chi connectivity index (χ1) is 9.87. The van der Waals surface area contributed by atoms with Gasteiger partial charge >= 0.3 is 12.1 Å². The number of ether oxygens (including phenoxy) is 1. The van der Waals surface area contributed by atoms with E-state index in [0.29, 0.717) is 30.8 Å². The van der Waals surface area contributed by atoms with Crippen molar-refractivity contribution in [1.82, 2.24) is 4.90 Å². The molecule has 2 heterocycles. The molecule has 0 saturated carbocycles. The van der Waals surface area contributed by atoms with Crippen LogP contribution in [0.25, 0.3) is 0 Å². The summed E-state index contributed by atoms with van der Waals surface area (Å²) in [6, 6.07) is 3.50. The lowest BCUT2D eigenvalue weighted by Gasteiger charge is -2.30. The minimum absolute atomic E-state index is 0.105. The topological polar surface area (TPSA) is 46.6 Å². The first kappa shape index (κ1) is 15.8. The molecule has 0 radical (unpaired) electrons. The summed E-state index contributed by atoms with van der Waals surface area (Å²) in [6.45, 7) is -0.856. The number of alkyl halides is 3. The minimum Gasteiger partial charge on any atom is -0.456 e. The second-order valence-electron chi connectivity index (χ2n) is 4.77. The van der Waals surface area contributed by atoms with Crippen molar-refractivity contribution in [2.45, 2.75) is 19.0 Å². The lowest BCUT2D eigenvalue weighted by Crippen LogP contribution is -2.40. The van der Waals surface area contributed by atoms with E-state index in [9.17, 15) is 22.8 Å². The summed E-state index contributed by atoms with van der Waals surface area (Å²) in [6.07, 6.45) is -3.85. The standard InChI is InChI=1S/C13H14F3NO3S/c14-13(15,16)8-20-12(19)9-3-5-17(6-4-9)11(18)10-2-1-7-21-10/h1-2,7,9H,3-6,8H2. The number of hydrogen-bond donors (Lipinski definition) is 0. The van der Waals surface area contributed by atoms with E-state index in [4.69, 9.17) is 0 Å². The van der Waals surface area contributed by atoms with Crippen molar-refractivity contribution in [2.75, 3.05) is 19.7 Å². The highest BCUT2D eigenvalue weighted by molar-refractivity contribution is 7.12. The van der Waals surface area contributed by atoms with Crippen molar-refractivity contribution in [2.24, 2.45) is 5.92 Å². The zero-order valence-electron chi connectivity index (χ0n) is 11.1. The Labute approximate surface area is 123 Å². The number of hydrogen-bond acceptors (Lipinski definition) is 4. The maximum atomic E-state index is 12.1. The van der Waals surface area contributed by atoms with Crippen molar-refractivity contribution >= 4 is 23.2 Å². The monoisotopic (exact) mass is 321 g/mol. The molecule has 0 spiro atoms. The van der Waals surface area contributed by atoms with Gasteiger partial charge in [-0.05, 0) is 24.3 Å². The van der Waals surface area contributed by atoms with Crippen molar-refractivity contribution in [3.63, 3.8) is 0 Å². The van der Waals surface area contributed by atoms with Crippen molar-refractivity contribution in [3.05, 3.63) is 22.4 Å². The number of halogens is 3. The number of rotatable bonds is 3. The summed E-state index contributed by atoms with van der Waals surface area (Å²) in [5, 5.41) is 1.80. The summed E-state index contributed by atoms with van der Waals surface area (Å²) >= 11 is 1.33. The van der Waals surface area contributed by atoms with Gasteiger partial charge in [-0.2, -0.15) is 13.2 Å². The van der Waals surface area contributed by atoms with Crippen LogP contribution >= 0.6 is 11.3 Å². The van der Waals surface area contributed by atoms with Crippen LogP contribution in [-0.4, -0.2) is 42.6 Å². The van der Waals surface area contributed by atoms with E-state index < -0.39 is 24.7 Å². The Morgan fingerprint density at radius 1 is 1.33 bits per heavy atom. The van der Waals surface area contributed by atoms with Gasteiger partial charge in [-0.1, -0.05) is 6.07 Å². The smallest absolute Gasteiger partial charge is 0.422 e. The highest BCUT2D eigenvalue weighted by atomic mass is 32.1. The molecule has 1 fully saturated rings. The first-order valence-electron chi connectivity index (χ1n) is 6.43. The van der Waals surface area contributed by atoms with Gasteiger partial charge in [0.05, 0.1) is 10.8 Å². The maximum Gasteiger partial charge on any atom is 0.422 e. The second-order valence-corrected chi connectivity index (χ2v) is 5.71. The molecule has 0 bridgehead atoms. The van der Waals surface area contributed by atoms with Gasteiger partial charge in [0.1, 0.15) is 0 Å². The van der Waals surface area contributed by atoms with Crippen LogP contribution in [0.3, 0.4) is 0 Å². The third-order valence-corrected chi connectivity index (χ3v) is 4.08. The summed E-state index contributed by atoms with van der Waals surface area (Å²) in [5.74, 6) is -1.51. The molecule has 1 aromatic rings. The fourth-order valence-corrected chi connectivity index (χ4v) is 2.84. The molecule has 0 unspecified atom stereocenters. The van der Waals surface area contributed by atoms with E-state index in [-0.39, 0.29) is 5.91 Å². The SMILES string of the molecule is O=C(OCC(F)(F)F)C1CCN(C(=O)c2cccs2)CC1. The van der Waals surface area contributed by atoms with Crippen LogP contribution in [0.2, 0.25) is 0 Å². The molecule has 1 amide bonds. The van der Waals surface area contributed by atoms with E-state index in [2.05, 4.69) is 4.74 Å². The third-order valence-electron chi connectivity index (χ3n) is 3.23. The van der Waals surface area contributed by atoms with Gasteiger partial charge in [0, 0.05) is 13.1 Å². The number of nitrogens with zero attached hydrogens (tertiary/aromatic N) is 1. The fraction of sp³-hybridized carbons (Fsp3) is 0.538. The molecule has 4 nitrogen and oxygen atoms in total. The number of likely N-dealkylation sites (tertiary alicyclic amines) is 1. The zero-order valence-corrected chi connectivity index (χ0v) is 11.9. The molecule has 8 heteroatoms. The molecule has 1 aliphatic rings. The Kier molecular flexibility index (Phi) is 4.87. The van der Waals surface area contributed by atoms with Crippen LogP contribution in [0.5, 0.6) is 0 Å². The Hall–Kier alpha value is -1.57. The summed E-state index contributed by atoms with van der Waals surface area (Å²) in [4.78, 5) is 25.8. The Morgan fingerprint density at radius 3 is 2.52 bits per heavy atom. The summed E-state index contributed by atoms with van der Waals surface area (Å²) in [7, 11) is 0. The predicted octanol–water partition coefficient (Wildman–Crippen LogP) is 2.71. The predicted molar refractivity (Wildman–Crippen MR) is 70.0 cm³/mol. The number of carbonyl (C=O) groups is 2. The Bertz CT molecular complexity index is 493. The van der Waals surface area contributed by atoms with Gasteiger partial charge < -0.3 is 9.64 Å². The van der Waals surface area contributed by atoms with Gasteiger partial charge in [-0.3, -0.25) is 9.59 Å². The van der Waals surface area contributed by atoms with Crippen LogP contribution in [0, 0.1) is 5.92 Å². The summed E-state index contributed by atoms with van der Waals surface area (Å²) in [5.41, 5.74) is 0. The number of amides is 1. The lowest BCUT2D eigenvalue weighted by atomic mass is 9.97. The molecular weight excluding hydrogens is 307 g/mol. The lowest BCUT2D eigenvalue weighted by molar-refractivity contribution is -0.190. The highest BCUT2D eigenvalue weighted by Gasteiger charge is 2.33. The van der Waals surface area contributed by atoms with Crippen molar-refractivity contribution in [1.29, 1.82) is 0 Å². The highest BCUT2D eigenvalue weighted by Crippen LogP contribution is 2.23. The molecule has 0 N–H and O–H groups in total. The molecule has 0 aromatic carbocycles. The molecule has 116 valence electrons. The Balaban J connectivity index is 1.80. The third kappa shape index (κ3) is 4.45. The van der Waals surface area contributed by atoms with Crippen molar-refractivity contribution in [3.8, 4) is 0 Å². The maximum absolute atomic E-state index is 12.1. The zero-order chi connectivity index (χ0) is 15.5. The first-order valence-corrected chi connectivity index (χ1v) is 7.31. The molecule has 2 rings (SSSR count). The summed E-state index contributed by atoms with van der Waals surface area (Å²) < 4.78 is 40.2. The average molecular weight is 321 g/mol. The minimum atomic E-state index is -4.51. The van der Waals surface area contributed by atoms with Gasteiger partial charge in [-0.15, -0.1) is 11.3 Å². The fourth-order valence-electron chi connectivity index (χ4n) is 2.15. The molecule has 0 aliphatic carbocycles. The van der Waals surface area contributed by atoms with Crippen LogP contribution in [0.15, 0.2) is 17.5 Å². The molecule has 21 heavy (non-hydrogen) atoms. The Morgan fingerprint density at radius 2 is 2.00 bits per heavy atom. The van der Waals surface area contributed by atoms with E-state index >= 15 is 0 Å². The van der Waals surface area contributed by atoms with Crippen molar-refractivity contribution < 1.29 is 27.5 Å². The van der Waals surface area contributed by atoms with Crippen LogP contribution < -0.4 is 0 Å². The van der Waals surface area contributed by atoms with E-state index in [1.165, 1.54) is 11.3 Å². The number of carbonyl (C=O) groups excluding carboxylic acids is 2. The molecule has 0 atom stereocenters. The molecule has 1 saturated heterocycles. The van der Waals surface area contributed by atoms with Gasteiger partial charge in [0.2, 0.25) is 0 Å².